The molecule has 0 bridgehead atoms. The van der Waals surface area contributed by atoms with E-state index in [-0.39, 0.29) is 22.6 Å². The summed E-state index contributed by atoms with van der Waals surface area (Å²) < 4.78 is 58.2. The normalized spacial score (nSPS) is 11.9. The Hall–Kier alpha value is -1.76. The minimum absolute atomic E-state index is 0.108. The molecule has 25 heavy (non-hydrogen) atoms. The quantitative estimate of drug-likeness (QED) is 0.468. The smallest absolute Gasteiger partial charge is 0.416 e. The number of ether oxygens (including phenoxy) is 1. The summed E-state index contributed by atoms with van der Waals surface area (Å²) in [4.78, 5) is 0. The van der Waals surface area contributed by atoms with Crippen LogP contribution in [0.2, 0.25) is 0 Å². The molecular formula is C18H17BrF4O2. The van der Waals surface area contributed by atoms with Gasteiger partial charge in [0.05, 0.1) is 12.7 Å². The molecule has 0 aromatic heterocycles. The summed E-state index contributed by atoms with van der Waals surface area (Å²) in [6, 6.07) is 4.79. The van der Waals surface area contributed by atoms with Crippen molar-refractivity contribution < 1.29 is 27.4 Å². The third-order valence-corrected chi connectivity index (χ3v) is 4.52. The number of benzene rings is 2. The molecule has 7 heteroatoms. The molecule has 0 atom stereocenters. The van der Waals surface area contributed by atoms with Crippen LogP contribution in [0.15, 0.2) is 24.3 Å². The van der Waals surface area contributed by atoms with E-state index in [0.717, 1.165) is 12.1 Å². The molecular weight excluding hydrogens is 404 g/mol. The van der Waals surface area contributed by atoms with E-state index in [1.54, 1.807) is 13.8 Å². The van der Waals surface area contributed by atoms with E-state index < -0.39 is 23.3 Å². The highest BCUT2D eigenvalue weighted by atomic mass is 79.9. The highest BCUT2D eigenvalue weighted by molar-refractivity contribution is 9.08. The second kappa shape index (κ2) is 7.23. The molecule has 0 heterocycles. The molecule has 0 fully saturated rings. The molecule has 0 aliphatic rings. The monoisotopic (exact) mass is 420 g/mol. The molecule has 2 aromatic rings. The van der Waals surface area contributed by atoms with Crippen molar-refractivity contribution in [1.29, 1.82) is 0 Å². The first-order valence-electron chi connectivity index (χ1n) is 7.47. The summed E-state index contributed by atoms with van der Waals surface area (Å²) in [5.74, 6) is -1.77. The number of hydrogen-bond donors (Lipinski definition) is 1. The van der Waals surface area contributed by atoms with Crippen LogP contribution in [0.4, 0.5) is 17.6 Å². The maximum absolute atomic E-state index is 14.3. The van der Waals surface area contributed by atoms with Crippen molar-refractivity contribution in [3.05, 3.63) is 46.8 Å². The Morgan fingerprint density at radius 2 is 1.80 bits per heavy atom. The van der Waals surface area contributed by atoms with Crippen LogP contribution in [-0.2, 0) is 11.5 Å². The van der Waals surface area contributed by atoms with Crippen molar-refractivity contribution in [3.63, 3.8) is 0 Å². The maximum atomic E-state index is 14.3. The Kier molecular flexibility index (Phi) is 5.66. The Morgan fingerprint density at radius 3 is 2.28 bits per heavy atom. The predicted octanol–water partition coefficient (Wildman–Crippen LogP) is 6.24. The first-order chi connectivity index (χ1) is 11.6. The van der Waals surface area contributed by atoms with Crippen LogP contribution >= 0.6 is 15.9 Å². The zero-order valence-corrected chi connectivity index (χ0v) is 15.4. The van der Waals surface area contributed by atoms with Crippen molar-refractivity contribution >= 4 is 15.9 Å². The fraction of sp³-hybridized carbons (Fsp3) is 0.333. The molecule has 136 valence electrons. The highest BCUT2D eigenvalue weighted by Gasteiger charge is 2.31. The summed E-state index contributed by atoms with van der Waals surface area (Å²) in [5.41, 5.74) is 0.606. The lowest BCUT2D eigenvalue weighted by Gasteiger charge is -2.19. The van der Waals surface area contributed by atoms with E-state index in [9.17, 15) is 22.7 Å². The standard InChI is InChI=1S/C18H17BrF4O2/c1-9(2)13-7-14(17(25-3)16(24)15(13)20)12-5-4-11(18(21,22)23)6-10(12)8-19/h4-7,9,24H,8H2,1-3H3. The second-order valence-electron chi connectivity index (χ2n) is 5.87. The number of phenolic OH excluding ortho intramolecular Hbond substituents is 1. The van der Waals surface area contributed by atoms with Gasteiger partial charge in [0.15, 0.2) is 17.3 Å². The number of alkyl halides is 4. The van der Waals surface area contributed by atoms with Crippen LogP contribution in [0, 0.1) is 5.82 Å². The number of halogens is 5. The number of phenols is 1. The van der Waals surface area contributed by atoms with Gasteiger partial charge in [-0.2, -0.15) is 13.2 Å². The first-order valence-corrected chi connectivity index (χ1v) is 8.59. The minimum Gasteiger partial charge on any atom is -0.502 e. The average molecular weight is 421 g/mol. The Balaban J connectivity index is 2.77. The summed E-state index contributed by atoms with van der Waals surface area (Å²) in [7, 11) is 1.27. The van der Waals surface area contributed by atoms with Crippen LogP contribution in [0.25, 0.3) is 11.1 Å². The molecule has 0 aliphatic heterocycles. The lowest BCUT2D eigenvalue weighted by Crippen LogP contribution is -2.06. The molecule has 0 amide bonds. The molecule has 0 saturated carbocycles. The average Bonchev–Trinajstić information content (AvgIpc) is 2.55. The van der Waals surface area contributed by atoms with Gasteiger partial charge in [0, 0.05) is 10.9 Å². The topological polar surface area (TPSA) is 29.5 Å². The fourth-order valence-electron chi connectivity index (χ4n) is 2.62. The zero-order chi connectivity index (χ0) is 18.9. The second-order valence-corrected chi connectivity index (χ2v) is 6.43. The van der Waals surface area contributed by atoms with Crippen LogP contribution in [0.3, 0.4) is 0 Å². The minimum atomic E-state index is -4.46. The number of methoxy groups -OCH3 is 1. The third kappa shape index (κ3) is 3.76. The van der Waals surface area contributed by atoms with E-state index in [0.29, 0.717) is 16.7 Å². The van der Waals surface area contributed by atoms with Gasteiger partial charge >= 0.3 is 6.18 Å². The van der Waals surface area contributed by atoms with E-state index in [1.807, 2.05) is 0 Å². The Morgan fingerprint density at radius 1 is 1.16 bits per heavy atom. The van der Waals surface area contributed by atoms with Gasteiger partial charge in [-0.1, -0.05) is 35.8 Å². The molecule has 2 nitrogen and oxygen atoms in total. The lowest BCUT2D eigenvalue weighted by atomic mass is 9.92. The third-order valence-electron chi connectivity index (χ3n) is 3.91. The van der Waals surface area contributed by atoms with Crippen molar-refractivity contribution in [2.24, 2.45) is 0 Å². The van der Waals surface area contributed by atoms with Gasteiger partial charge in [-0.3, -0.25) is 0 Å². The maximum Gasteiger partial charge on any atom is 0.416 e. The lowest BCUT2D eigenvalue weighted by molar-refractivity contribution is -0.137. The van der Waals surface area contributed by atoms with Crippen molar-refractivity contribution in [2.75, 3.05) is 7.11 Å². The van der Waals surface area contributed by atoms with E-state index in [4.69, 9.17) is 4.74 Å². The van der Waals surface area contributed by atoms with E-state index in [2.05, 4.69) is 15.9 Å². The van der Waals surface area contributed by atoms with Crippen molar-refractivity contribution in [2.45, 2.75) is 31.3 Å². The predicted molar refractivity (Wildman–Crippen MR) is 91.8 cm³/mol. The highest BCUT2D eigenvalue weighted by Crippen LogP contribution is 2.44. The molecule has 1 N–H and O–H groups in total. The largest absolute Gasteiger partial charge is 0.502 e. The molecule has 2 rings (SSSR count). The van der Waals surface area contributed by atoms with Crippen molar-refractivity contribution in [1.82, 2.24) is 0 Å². The molecule has 0 radical (unpaired) electrons. The Bertz CT molecular complexity index is 786. The van der Waals surface area contributed by atoms with Crippen LogP contribution < -0.4 is 4.74 Å². The summed E-state index contributed by atoms with van der Waals surface area (Å²) in [6.07, 6.45) is -4.46. The summed E-state index contributed by atoms with van der Waals surface area (Å²) in [5, 5.41) is 10.3. The van der Waals surface area contributed by atoms with Gasteiger partial charge in [-0.15, -0.1) is 0 Å². The van der Waals surface area contributed by atoms with Gasteiger partial charge < -0.3 is 9.84 Å². The summed E-state index contributed by atoms with van der Waals surface area (Å²) in [6.45, 7) is 3.51. The zero-order valence-electron chi connectivity index (χ0n) is 13.8. The molecule has 0 spiro atoms. The van der Waals surface area contributed by atoms with Crippen LogP contribution in [-0.4, -0.2) is 12.2 Å². The van der Waals surface area contributed by atoms with E-state index in [1.165, 1.54) is 19.2 Å². The van der Waals surface area contributed by atoms with Crippen LogP contribution in [0.5, 0.6) is 11.5 Å². The van der Waals surface area contributed by atoms with Crippen LogP contribution in [0.1, 0.15) is 36.5 Å². The SMILES string of the molecule is COc1c(-c2ccc(C(F)(F)F)cc2CBr)cc(C(C)C)c(F)c1O. The number of rotatable bonds is 4. The van der Waals surface area contributed by atoms with Gasteiger partial charge in [0.1, 0.15) is 0 Å². The molecule has 0 unspecified atom stereocenters. The number of hydrogen-bond acceptors (Lipinski definition) is 2. The molecule has 0 saturated heterocycles. The summed E-state index contributed by atoms with van der Waals surface area (Å²) >= 11 is 3.19. The van der Waals surface area contributed by atoms with E-state index >= 15 is 0 Å². The number of aromatic hydroxyl groups is 1. The van der Waals surface area contributed by atoms with Gasteiger partial charge in [0.2, 0.25) is 0 Å². The first kappa shape index (κ1) is 19.6. The van der Waals surface area contributed by atoms with Gasteiger partial charge in [-0.05, 0) is 40.8 Å². The van der Waals surface area contributed by atoms with Crippen molar-refractivity contribution in [3.8, 4) is 22.6 Å². The fourth-order valence-corrected chi connectivity index (χ4v) is 3.08. The van der Waals surface area contributed by atoms with Gasteiger partial charge in [0.25, 0.3) is 0 Å². The molecule has 0 aliphatic carbocycles. The molecule has 2 aromatic carbocycles. The van der Waals surface area contributed by atoms with Gasteiger partial charge in [-0.25, -0.2) is 4.39 Å². The Labute approximate surface area is 151 Å².